The Labute approximate surface area is 252 Å². The van der Waals surface area contributed by atoms with E-state index in [0.29, 0.717) is 24.9 Å². The molecule has 240 valence electrons. The molecule has 0 bridgehead atoms. The lowest BCUT2D eigenvalue weighted by molar-refractivity contribution is -0.131. The Morgan fingerprint density at radius 3 is 2.33 bits per heavy atom. The number of alkyl halides is 3. The van der Waals surface area contributed by atoms with Crippen LogP contribution in [0.3, 0.4) is 0 Å². The molecule has 12 heteroatoms. The van der Waals surface area contributed by atoms with E-state index in [4.69, 9.17) is 9.72 Å². The van der Waals surface area contributed by atoms with Crippen molar-refractivity contribution in [3.8, 4) is 0 Å². The van der Waals surface area contributed by atoms with Crippen LogP contribution in [0.2, 0.25) is 0 Å². The lowest BCUT2D eigenvalue weighted by Crippen LogP contribution is -2.51. The van der Waals surface area contributed by atoms with Crippen molar-refractivity contribution in [2.24, 2.45) is 5.92 Å². The van der Waals surface area contributed by atoms with Crippen LogP contribution in [0, 0.1) is 5.92 Å². The second-order valence-electron chi connectivity index (χ2n) is 13.7. The van der Waals surface area contributed by atoms with Crippen molar-refractivity contribution in [1.82, 2.24) is 24.3 Å². The monoisotopic (exact) mass is 608 g/mol. The molecule has 2 saturated carbocycles. The average Bonchev–Trinajstić information content (AvgIpc) is 3.31. The largest absolute Gasteiger partial charge is 0.444 e. The van der Waals surface area contributed by atoms with Crippen LogP contribution in [-0.2, 0) is 4.74 Å². The van der Waals surface area contributed by atoms with Gasteiger partial charge < -0.3 is 24.6 Å². The molecular weight excluding hydrogens is 561 g/mol. The minimum absolute atomic E-state index is 0.202. The van der Waals surface area contributed by atoms with E-state index in [2.05, 4.69) is 26.0 Å². The molecule has 1 saturated heterocycles. The number of fused-ring (bicyclic) bond motifs is 1. The Balaban J connectivity index is 1.21. The number of ether oxygens (including phenoxy) is 1. The number of halogens is 3. The van der Waals surface area contributed by atoms with Crippen molar-refractivity contribution in [2.45, 2.75) is 108 Å². The second-order valence-corrected chi connectivity index (χ2v) is 13.7. The van der Waals surface area contributed by atoms with Crippen LogP contribution in [0.15, 0.2) is 12.4 Å². The molecule has 0 radical (unpaired) electrons. The van der Waals surface area contributed by atoms with Gasteiger partial charge in [0.15, 0.2) is 0 Å². The highest BCUT2D eigenvalue weighted by molar-refractivity contribution is 5.81. The Hall–Kier alpha value is -2.60. The van der Waals surface area contributed by atoms with Crippen LogP contribution >= 0.6 is 0 Å². The van der Waals surface area contributed by atoms with Gasteiger partial charge in [-0.1, -0.05) is 0 Å². The maximum absolute atomic E-state index is 12.7. The first-order valence-electron chi connectivity index (χ1n) is 15.9. The van der Waals surface area contributed by atoms with Gasteiger partial charge in [0.2, 0.25) is 5.95 Å². The highest BCUT2D eigenvalue weighted by Crippen LogP contribution is 2.41. The van der Waals surface area contributed by atoms with Gasteiger partial charge in [-0.3, -0.25) is 4.90 Å². The van der Waals surface area contributed by atoms with Crippen LogP contribution in [0.4, 0.5) is 23.9 Å². The zero-order valence-corrected chi connectivity index (χ0v) is 25.7. The van der Waals surface area contributed by atoms with Crippen molar-refractivity contribution in [3.63, 3.8) is 0 Å². The summed E-state index contributed by atoms with van der Waals surface area (Å²) in [5.41, 5.74) is 1.51. The smallest absolute Gasteiger partial charge is 0.410 e. The summed E-state index contributed by atoms with van der Waals surface area (Å²) >= 11 is 0. The number of hydrogen-bond donors (Lipinski definition) is 2. The summed E-state index contributed by atoms with van der Waals surface area (Å²) in [6, 6.07) is 0.202. The molecule has 9 nitrogen and oxygen atoms in total. The number of piperazine rings is 1. The van der Waals surface area contributed by atoms with Gasteiger partial charge in [-0.25, -0.2) is 9.78 Å². The number of aromatic nitrogens is 3. The number of nitrogens with zero attached hydrogens (tertiary/aromatic N) is 5. The molecule has 2 N–H and O–H groups in total. The first kappa shape index (κ1) is 31.8. The fraction of sp³-hybridized carbons (Fsp3) is 0.774. The third kappa shape index (κ3) is 8.53. The average molecular weight is 609 g/mol. The van der Waals surface area contributed by atoms with E-state index in [0.717, 1.165) is 82.0 Å². The lowest BCUT2D eigenvalue weighted by atomic mass is 9.78. The van der Waals surface area contributed by atoms with E-state index in [1.807, 2.05) is 20.8 Å². The van der Waals surface area contributed by atoms with Crippen LogP contribution < -0.4 is 5.32 Å². The summed E-state index contributed by atoms with van der Waals surface area (Å²) in [5.74, 6) is 1.21. The van der Waals surface area contributed by atoms with Crippen LogP contribution in [0.5, 0.6) is 0 Å². The molecule has 3 aliphatic rings. The van der Waals surface area contributed by atoms with Crippen molar-refractivity contribution in [2.75, 3.05) is 44.6 Å². The number of nitrogens with one attached hydrogen (secondary N) is 1. The minimum atomic E-state index is -4.24. The number of aliphatic hydroxyl groups is 1. The zero-order valence-electron chi connectivity index (χ0n) is 25.7. The maximum Gasteiger partial charge on any atom is 0.410 e. The molecule has 1 aliphatic heterocycles. The van der Waals surface area contributed by atoms with Crippen LogP contribution in [-0.4, -0.2) is 92.7 Å². The molecule has 0 unspecified atom stereocenters. The Morgan fingerprint density at radius 1 is 1.02 bits per heavy atom. The molecule has 2 aliphatic carbocycles. The third-order valence-electron chi connectivity index (χ3n) is 9.18. The first-order chi connectivity index (χ1) is 20.3. The summed E-state index contributed by atoms with van der Waals surface area (Å²) in [7, 11) is 0. The van der Waals surface area contributed by atoms with Crippen LogP contribution in [0.25, 0.3) is 11.0 Å². The van der Waals surface area contributed by atoms with Crippen LogP contribution in [0.1, 0.15) is 96.1 Å². The van der Waals surface area contributed by atoms with Gasteiger partial charge in [-0.2, -0.15) is 18.2 Å². The fourth-order valence-electron chi connectivity index (χ4n) is 6.86. The SMILES string of the molecule is CC(C)(C)OC(=O)N1CCN(C[C@H]2CC[C@@H](c3cn([C@H]4CC[C@H](O)CC4)c4nc(NCCC(F)(F)F)ncc43)CC2)CC1. The van der Waals surface area contributed by atoms with E-state index in [1.165, 1.54) is 5.56 Å². The molecule has 3 fully saturated rings. The number of hydrogen-bond acceptors (Lipinski definition) is 7. The van der Waals surface area contributed by atoms with E-state index in [1.54, 1.807) is 11.1 Å². The van der Waals surface area contributed by atoms with E-state index in [-0.39, 0.29) is 30.7 Å². The van der Waals surface area contributed by atoms with Gasteiger partial charge in [-0.05, 0) is 89.5 Å². The number of rotatable bonds is 7. The molecular formula is C31H47F3N6O3. The van der Waals surface area contributed by atoms with Crippen molar-refractivity contribution in [1.29, 1.82) is 0 Å². The molecule has 5 rings (SSSR count). The zero-order chi connectivity index (χ0) is 30.8. The molecule has 2 aromatic rings. The molecule has 0 atom stereocenters. The highest BCUT2D eigenvalue weighted by Gasteiger charge is 2.31. The number of aliphatic hydroxyl groups excluding tert-OH is 1. The minimum Gasteiger partial charge on any atom is -0.444 e. The quantitative estimate of drug-likeness (QED) is 0.392. The number of anilines is 1. The molecule has 0 aromatic carbocycles. The highest BCUT2D eigenvalue weighted by atomic mass is 19.4. The summed E-state index contributed by atoms with van der Waals surface area (Å²) in [6.45, 7) is 9.54. The topological polar surface area (TPSA) is 95.8 Å². The first-order valence-corrected chi connectivity index (χ1v) is 15.9. The predicted octanol–water partition coefficient (Wildman–Crippen LogP) is 6.10. The molecule has 0 spiro atoms. The molecule has 43 heavy (non-hydrogen) atoms. The maximum atomic E-state index is 12.7. The van der Waals surface area contributed by atoms with Crippen molar-refractivity contribution in [3.05, 3.63) is 18.0 Å². The lowest BCUT2D eigenvalue weighted by Gasteiger charge is -2.38. The van der Waals surface area contributed by atoms with Crippen molar-refractivity contribution >= 4 is 23.1 Å². The van der Waals surface area contributed by atoms with E-state index in [9.17, 15) is 23.1 Å². The molecule has 2 aromatic heterocycles. The predicted molar refractivity (Wildman–Crippen MR) is 159 cm³/mol. The summed E-state index contributed by atoms with van der Waals surface area (Å²) in [4.78, 5) is 25.8. The van der Waals surface area contributed by atoms with Crippen molar-refractivity contribution < 1.29 is 27.8 Å². The number of carbonyl (C=O) groups is 1. The Kier molecular flexibility index (Phi) is 9.75. The Bertz CT molecular complexity index is 1220. The molecule has 3 heterocycles. The molecule has 1 amide bonds. The number of amides is 1. The van der Waals surface area contributed by atoms with Gasteiger partial charge in [0.05, 0.1) is 12.5 Å². The normalized spacial score (nSPS) is 26.1. The summed E-state index contributed by atoms with van der Waals surface area (Å²) in [6.07, 6.45) is 5.84. The number of carbonyl (C=O) groups excluding carboxylic acids is 1. The van der Waals surface area contributed by atoms with Gasteiger partial charge in [0.1, 0.15) is 11.2 Å². The van der Waals surface area contributed by atoms with Gasteiger partial charge in [0, 0.05) is 63.1 Å². The third-order valence-corrected chi connectivity index (χ3v) is 9.18. The summed E-state index contributed by atoms with van der Waals surface area (Å²) in [5, 5.41) is 13.8. The van der Waals surface area contributed by atoms with Gasteiger partial charge in [-0.15, -0.1) is 0 Å². The van der Waals surface area contributed by atoms with Gasteiger partial charge >= 0.3 is 12.3 Å². The van der Waals surface area contributed by atoms with E-state index < -0.39 is 18.2 Å². The summed E-state index contributed by atoms with van der Waals surface area (Å²) < 4.78 is 45.8. The standard InChI is InChI=1S/C31H47F3N6O3/c1-30(2,3)43-29(42)39-16-14-38(15-17-39)19-21-4-6-22(7-5-21)26-20-40(23-8-10-24(41)11-9-23)27-25(26)18-36-28(37-27)35-13-12-31(32,33)34/h18,20-24,41H,4-17,19H2,1-3H3,(H,35,36,37)/t21-,22+,23-,24-. The van der Waals surface area contributed by atoms with Gasteiger partial charge in [0.25, 0.3) is 0 Å². The Morgan fingerprint density at radius 2 is 1.70 bits per heavy atom. The fourth-order valence-corrected chi connectivity index (χ4v) is 6.86. The van der Waals surface area contributed by atoms with E-state index >= 15 is 0 Å². The second kappa shape index (κ2) is 13.2.